The van der Waals surface area contributed by atoms with Gasteiger partial charge in [0.25, 0.3) is 0 Å². The van der Waals surface area contributed by atoms with E-state index >= 15 is 0 Å². The molecule has 0 radical (unpaired) electrons. The molecular formula is CH4AlCl2N. The van der Waals surface area contributed by atoms with Gasteiger partial charge in [-0.05, 0) is 5.41 Å². The Kier molecular flexibility index (Phi) is 3.97. The monoisotopic (exact) mass is 127 g/mol. The fourth-order valence-electron chi connectivity index (χ4n) is 0. The van der Waals surface area contributed by atoms with Crippen LogP contribution in [-0.4, -0.2) is 17.7 Å². The van der Waals surface area contributed by atoms with Crippen LogP contribution in [-0.2, 0) is 0 Å². The molecule has 0 heterocycles. The third-order valence-corrected chi connectivity index (χ3v) is 1.60. The average molecular weight is 128 g/mol. The van der Waals surface area contributed by atoms with E-state index in [4.69, 9.17) is 25.8 Å². The summed E-state index contributed by atoms with van der Waals surface area (Å²) in [5, 5.41) is 0.475. The van der Waals surface area contributed by atoms with E-state index < -0.39 is 12.3 Å². The quantitative estimate of drug-likeness (QED) is 0.509. The van der Waals surface area contributed by atoms with E-state index in [1.807, 2.05) is 0 Å². The van der Waals surface area contributed by atoms with E-state index in [0.717, 1.165) is 0 Å². The van der Waals surface area contributed by atoms with Crippen LogP contribution in [0.3, 0.4) is 0 Å². The topological polar surface area (TPSA) is 26.0 Å². The van der Waals surface area contributed by atoms with Crippen molar-refractivity contribution < 1.29 is 0 Å². The van der Waals surface area contributed by atoms with Crippen molar-refractivity contribution in [2.45, 2.75) is 0 Å². The Hall–Kier alpha value is 1.07. The van der Waals surface area contributed by atoms with Crippen molar-refractivity contribution in [2.75, 3.05) is 5.41 Å². The Morgan fingerprint density at radius 2 is 1.80 bits per heavy atom. The fourth-order valence-corrected chi connectivity index (χ4v) is 0. The summed E-state index contributed by atoms with van der Waals surface area (Å²) < 4.78 is 0. The maximum absolute atomic E-state index is 5.24. The first-order valence-corrected chi connectivity index (χ1v) is 5.56. The van der Waals surface area contributed by atoms with Crippen molar-refractivity contribution in [1.82, 2.24) is 0 Å². The fraction of sp³-hybridized carbons (Fsp3) is 1.00. The van der Waals surface area contributed by atoms with Crippen LogP contribution in [0.1, 0.15) is 0 Å². The molecule has 0 aromatic rings. The largest absolute Gasteiger partial charge is 0.532 e. The number of hydrogen-bond acceptors (Lipinski definition) is 1. The molecule has 2 N–H and O–H groups in total. The smallest absolute Gasteiger partial charge is 0.341 e. The first-order chi connectivity index (χ1) is 2.27. The molecule has 1 nitrogen and oxygen atoms in total. The lowest BCUT2D eigenvalue weighted by Gasteiger charge is -1.75. The van der Waals surface area contributed by atoms with E-state index in [-0.39, 0.29) is 0 Å². The Labute approximate surface area is 43.8 Å². The Balaban J connectivity index is 2.54. The van der Waals surface area contributed by atoms with Gasteiger partial charge >= 0.3 is 12.3 Å². The molecule has 0 saturated carbocycles. The van der Waals surface area contributed by atoms with Gasteiger partial charge in [0.15, 0.2) is 0 Å². The SMILES string of the molecule is N[CH2][Al]([Cl])[Cl]. The van der Waals surface area contributed by atoms with Gasteiger partial charge in [-0.1, -0.05) is 0 Å². The molecule has 0 fully saturated rings. The van der Waals surface area contributed by atoms with Crippen LogP contribution in [0.5, 0.6) is 0 Å². The van der Waals surface area contributed by atoms with Crippen molar-refractivity contribution in [1.29, 1.82) is 0 Å². The summed E-state index contributed by atoms with van der Waals surface area (Å²) in [6.45, 7) is 0. The van der Waals surface area contributed by atoms with Crippen molar-refractivity contribution in [3.05, 3.63) is 0 Å². The standard InChI is InChI=1S/CH4N.Al.2ClH/c1-2;;;/h1-2H2;;2*1H/q;+2;;/p-2. The van der Waals surface area contributed by atoms with E-state index in [9.17, 15) is 0 Å². The van der Waals surface area contributed by atoms with Gasteiger partial charge in [-0.2, -0.15) is 0 Å². The Morgan fingerprint density at radius 1 is 1.60 bits per heavy atom. The van der Waals surface area contributed by atoms with Gasteiger partial charge in [-0.15, -0.1) is 0 Å². The second-order valence-corrected chi connectivity index (χ2v) is 5.71. The van der Waals surface area contributed by atoms with Gasteiger partial charge in [-0.3, -0.25) is 0 Å². The summed E-state index contributed by atoms with van der Waals surface area (Å²) in [5.74, 6) is 0. The number of nitrogens with two attached hydrogens (primary N) is 1. The molecule has 0 aliphatic heterocycles. The highest BCUT2D eigenvalue weighted by molar-refractivity contribution is 7.33. The molecular weight excluding hydrogens is 124 g/mol. The lowest BCUT2D eigenvalue weighted by Crippen LogP contribution is -2.11. The van der Waals surface area contributed by atoms with E-state index in [2.05, 4.69) is 0 Å². The van der Waals surface area contributed by atoms with Crippen molar-refractivity contribution >= 4 is 32.4 Å². The Morgan fingerprint density at radius 3 is 1.80 bits per heavy atom. The third kappa shape index (κ3) is 5.07. The van der Waals surface area contributed by atoms with Gasteiger partial charge < -0.3 is 5.73 Å². The molecule has 0 unspecified atom stereocenters. The predicted octanol–water partition coefficient (Wildman–Crippen LogP) is 0.450. The van der Waals surface area contributed by atoms with Crippen LogP contribution < -0.4 is 5.73 Å². The zero-order chi connectivity index (χ0) is 4.28. The van der Waals surface area contributed by atoms with E-state index in [0.29, 0.717) is 5.41 Å². The molecule has 0 aromatic heterocycles. The molecule has 0 amide bonds. The van der Waals surface area contributed by atoms with Gasteiger partial charge in [0.05, 0.1) is 0 Å². The van der Waals surface area contributed by atoms with Crippen molar-refractivity contribution in [3.63, 3.8) is 0 Å². The zero-order valence-corrected chi connectivity index (χ0v) is 5.28. The van der Waals surface area contributed by atoms with E-state index in [1.165, 1.54) is 0 Å². The van der Waals surface area contributed by atoms with Crippen LogP contribution in [0, 0.1) is 0 Å². The lowest BCUT2D eigenvalue weighted by atomic mass is 11.5. The van der Waals surface area contributed by atoms with E-state index in [1.54, 1.807) is 0 Å². The van der Waals surface area contributed by atoms with Gasteiger partial charge in [0, 0.05) is 0 Å². The summed E-state index contributed by atoms with van der Waals surface area (Å²) >= 11 is -1.43. The minimum absolute atomic E-state index is 0.475. The maximum atomic E-state index is 5.24. The molecule has 0 aromatic carbocycles. The van der Waals surface area contributed by atoms with Crippen molar-refractivity contribution in [3.8, 4) is 0 Å². The van der Waals surface area contributed by atoms with Crippen LogP contribution in [0.4, 0.5) is 0 Å². The first kappa shape index (κ1) is 6.07. The zero-order valence-electron chi connectivity index (χ0n) is 2.62. The number of hydrogen-bond donors (Lipinski definition) is 1. The summed E-state index contributed by atoms with van der Waals surface area (Å²) in [5.41, 5.74) is 4.97. The molecule has 30 valence electrons. The predicted molar refractivity (Wildman–Crippen MR) is 26.5 cm³/mol. The summed E-state index contributed by atoms with van der Waals surface area (Å²) in [6.07, 6.45) is 0. The van der Waals surface area contributed by atoms with Gasteiger partial charge in [0.1, 0.15) is 0 Å². The van der Waals surface area contributed by atoms with Gasteiger partial charge in [-0.25, -0.2) is 20.1 Å². The number of rotatable bonds is 1. The normalized spacial score (nSPS) is 7.80. The number of halogens is 2. The third-order valence-electron chi connectivity index (χ3n) is 0.178. The molecule has 0 aliphatic rings. The summed E-state index contributed by atoms with van der Waals surface area (Å²) in [6, 6.07) is 0. The summed E-state index contributed by atoms with van der Waals surface area (Å²) in [7, 11) is 10.5. The molecule has 0 aliphatic carbocycles. The molecule has 4 heteroatoms. The molecule has 5 heavy (non-hydrogen) atoms. The van der Waals surface area contributed by atoms with Crippen LogP contribution in [0.15, 0.2) is 0 Å². The lowest BCUT2D eigenvalue weighted by molar-refractivity contribution is 1.37. The first-order valence-electron chi connectivity index (χ1n) is 1.25. The van der Waals surface area contributed by atoms with Gasteiger partial charge in [0.2, 0.25) is 0 Å². The van der Waals surface area contributed by atoms with Crippen LogP contribution >= 0.6 is 20.1 Å². The second kappa shape index (κ2) is 3.27. The highest BCUT2D eigenvalue weighted by Crippen LogP contribution is 1.88. The highest BCUT2D eigenvalue weighted by atomic mass is 35.7. The molecule has 0 bridgehead atoms. The highest BCUT2D eigenvalue weighted by Gasteiger charge is 2.03. The van der Waals surface area contributed by atoms with Crippen molar-refractivity contribution in [2.24, 2.45) is 5.73 Å². The molecule has 0 spiro atoms. The van der Waals surface area contributed by atoms with Crippen LogP contribution in [0.25, 0.3) is 0 Å². The molecule has 0 saturated heterocycles. The molecule has 0 rings (SSSR count). The minimum atomic E-state index is -1.43. The Bertz CT molecular complexity index is 23.6. The maximum Gasteiger partial charge on any atom is 0.532 e. The summed E-state index contributed by atoms with van der Waals surface area (Å²) in [4.78, 5) is 0. The minimum Gasteiger partial charge on any atom is -0.341 e. The van der Waals surface area contributed by atoms with Crippen LogP contribution in [0.2, 0.25) is 0 Å². The molecule has 0 atom stereocenters. The second-order valence-electron chi connectivity index (χ2n) is 0.627. The average Bonchev–Trinajstić information content (AvgIpc) is 1.38.